The van der Waals surface area contributed by atoms with Gasteiger partial charge in [-0.2, -0.15) is 0 Å². The van der Waals surface area contributed by atoms with E-state index in [2.05, 4.69) is 31.3 Å². The summed E-state index contributed by atoms with van der Waals surface area (Å²) < 4.78 is 5.79. The van der Waals surface area contributed by atoms with Gasteiger partial charge in [-0.25, -0.2) is 0 Å². The van der Waals surface area contributed by atoms with E-state index in [0.29, 0.717) is 12.1 Å². The molecule has 2 rings (SSSR count). The zero-order chi connectivity index (χ0) is 11.4. The summed E-state index contributed by atoms with van der Waals surface area (Å²) in [7, 11) is 0. The van der Waals surface area contributed by atoms with Crippen molar-refractivity contribution in [2.24, 2.45) is 0 Å². The van der Waals surface area contributed by atoms with Gasteiger partial charge in [-0.1, -0.05) is 13.8 Å². The fourth-order valence-corrected chi connectivity index (χ4v) is 2.53. The fourth-order valence-electron chi connectivity index (χ4n) is 1.64. The molecule has 1 aliphatic carbocycles. The summed E-state index contributed by atoms with van der Waals surface area (Å²) in [6.45, 7) is 6.13. The van der Waals surface area contributed by atoms with Crippen LogP contribution in [-0.4, -0.2) is 12.1 Å². The molecule has 2 nitrogen and oxygen atoms in total. The van der Waals surface area contributed by atoms with Crippen LogP contribution in [0.5, 0.6) is 0 Å². The summed E-state index contributed by atoms with van der Waals surface area (Å²) >= 11 is 1.86. The van der Waals surface area contributed by atoms with Crippen molar-refractivity contribution in [2.45, 2.75) is 58.4 Å². The molecule has 0 amide bonds. The summed E-state index contributed by atoms with van der Waals surface area (Å²) in [5, 5.41) is 3.43. The molecule has 0 aliphatic heterocycles. The van der Waals surface area contributed by atoms with Crippen molar-refractivity contribution in [1.29, 1.82) is 0 Å². The molecule has 0 bridgehead atoms. The van der Waals surface area contributed by atoms with Gasteiger partial charge in [-0.3, -0.25) is 0 Å². The predicted octanol–water partition coefficient (Wildman–Crippen LogP) is 3.32. The molecule has 1 saturated carbocycles. The fraction of sp³-hybridized carbons (Fsp3) is 0.692. The maximum Gasteiger partial charge on any atom is 0.0813 e. The molecule has 1 aromatic rings. The quantitative estimate of drug-likeness (QED) is 0.822. The monoisotopic (exact) mass is 239 g/mol. The van der Waals surface area contributed by atoms with Crippen molar-refractivity contribution in [3.63, 3.8) is 0 Å². The minimum Gasteiger partial charge on any atom is -0.373 e. The van der Waals surface area contributed by atoms with E-state index < -0.39 is 0 Å². The average molecular weight is 239 g/mol. The summed E-state index contributed by atoms with van der Waals surface area (Å²) in [5.74, 6) is 0. The van der Waals surface area contributed by atoms with Gasteiger partial charge in [-0.15, -0.1) is 11.3 Å². The van der Waals surface area contributed by atoms with Crippen LogP contribution in [0, 0.1) is 0 Å². The Kier molecular flexibility index (Phi) is 4.38. The minimum absolute atomic E-state index is 0.541. The lowest BCUT2D eigenvalue weighted by Gasteiger charge is -2.25. The lowest BCUT2D eigenvalue weighted by molar-refractivity contribution is -0.00744. The molecule has 0 radical (unpaired) electrons. The zero-order valence-corrected chi connectivity index (χ0v) is 11.0. The number of ether oxygens (including phenoxy) is 1. The van der Waals surface area contributed by atoms with Gasteiger partial charge in [0.15, 0.2) is 0 Å². The molecule has 3 heteroatoms. The van der Waals surface area contributed by atoms with Crippen molar-refractivity contribution < 1.29 is 4.74 Å². The number of nitrogens with one attached hydrogen (secondary N) is 1. The van der Waals surface area contributed by atoms with Crippen molar-refractivity contribution in [2.75, 3.05) is 0 Å². The lowest BCUT2D eigenvalue weighted by Crippen LogP contribution is -2.21. The Hall–Kier alpha value is -0.380. The van der Waals surface area contributed by atoms with Crippen LogP contribution in [0.15, 0.2) is 12.1 Å². The molecule has 1 N–H and O–H groups in total. The van der Waals surface area contributed by atoms with Crippen LogP contribution in [0.4, 0.5) is 0 Å². The van der Waals surface area contributed by atoms with Crippen molar-refractivity contribution in [1.82, 2.24) is 5.32 Å². The molecule has 90 valence electrons. The van der Waals surface area contributed by atoms with E-state index in [4.69, 9.17) is 4.74 Å². The van der Waals surface area contributed by atoms with E-state index in [1.165, 1.54) is 29.0 Å². The predicted molar refractivity (Wildman–Crippen MR) is 68.7 cm³/mol. The molecule has 1 heterocycles. The maximum atomic E-state index is 5.79. The first-order chi connectivity index (χ1) is 7.74. The molecule has 16 heavy (non-hydrogen) atoms. The lowest BCUT2D eigenvalue weighted by atomic mass is 9.96. The average Bonchev–Trinajstić information content (AvgIpc) is 2.60. The number of rotatable bonds is 6. The Morgan fingerprint density at radius 3 is 2.75 bits per heavy atom. The van der Waals surface area contributed by atoms with Gasteiger partial charge in [0.2, 0.25) is 0 Å². The van der Waals surface area contributed by atoms with E-state index in [9.17, 15) is 0 Å². The number of thiophene rings is 1. The largest absolute Gasteiger partial charge is 0.373 e. The van der Waals surface area contributed by atoms with Crippen LogP contribution in [0.2, 0.25) is 0 Å². The van der Waals surface area contributed by atoms with Gasteiger partial charge in [0, 0.05) is 22.3 Å². The Morgan fingerprint density at radius 1 is 1.38 bits per heavy atom. The summed E-state index contributed by atoms with van der Waals surface area (Å²) in [6, 6.07) is 4.96. The van der Waals surface area contributed by atoms with E-state index in [1.807, 2.05) is 11.3 Å². The van der Waals surface area contributed by atoms with Gasteiger partial charge >= 0.3 is 0 Å². The first kappa shape index (κ1) is 12.1. The molecule has 0 spiro atoms. The Balaban J connectivity index is 1.73. The van der Waals surface area contributed by atoms with Crippen LogP contribution < -0.4 is 5.32 Å². The molecule has 0 atom stereocenters. The van der Waals surface area contributed by atoms with Crippen LogP contribution in [0.3, 0.4) is 0 Å². The second-order valence-electron chi connectivity index (χ2n) is 4.77. The van der Waals surface area contributed by atoms with E-state index >= 15 is 0 Å². The molecular weight excluding hydrogens is 218 g/mol. The van der Waals surface area contributed by atoms with Gasteiger partial charge < -0.3 is 10.1 Å². The topological polar surface area (TPSA) is 21.3 Å². The van der Waals surface area contributed by atoms with Gasteiger partial charge in [0.25, 0.3) is 0 Å². The molecule has 1 aromatic heterocycles. The highest BCUT2D eigenvalue weighted by Crippen LogP contribution is 2.25. The number of hydrogen-bond acceptors (Lipinski definition) is 3. The minimum atomic E-state index is 0.541. The van der Waals surface area contributed by atoms with E-state index in [-0.39, 0.29) is 0 Å². The highest BCUT2D eigenvalue weighted by molar-refractivity contribution is 7.11. The van der Waals surface area contributed by atoms with E-state index in [1.54, 1.807) is 0 Å². The Bertz CT molecular complexity index is 317. The second kappa shape index (κ2) is 5.80. The maximum absolute atomic E-state index is 5.79. The Morgan fingerprint density at radius 2 is 2.12 bits per heavy atom. The molecule has 0 aromatic carbocycles. The Labute approximate surface area is 102 Å². The molecule has 0 unspecified atom stereocenters. The van der Waals surface area contributed by atoms with Crippen molar-refractivity contribution in [3.8, 4) is 0 Å². The summed E-state index contributed by atoms with van der Waals surface area (Å²) in [6.07, 6.45) is 4.40. The normalized spacial score (nSPS) is 16.7. The van der Waals surface area contributed by atoms with E-state index in [0.717, 1.165) is 13.2 Å². The third-order valence-electron chi connectivity index (χ3n) is 2.92. The summed E-state index contributed by atoms with van der Waals surface area (Å²) in [4.78, 5) is 2.76. The van der Waals surface area contributed by atoms with Gasteiger partial charge in [0.1, 0.15) is 0 Å². The highest BCUT2D eigenvalue weighted by atomic mass is 32.1. The van der Waals surface area contributed by atoms with Crippen molar-refractivity contribution >= 4 is 11.3 Å². The third kappa shape index (κ3) is 3.58. The summed E-state index contributed by atoms with van der Waals surface area (Å²) in [5.41, 5.74) is 0. The molecular formula is C13H21NOS. The van der Waals surface area contributed by atoms with Crippen LogP contribution in [0.25, 0.3) is 0 Å². The zero-order valence-electron chi connectivity index (χ0n) is 10.2. The first-order valence-corrected chi connectivity index (χ1v) is 6.98. The molecule has 1 fully saturated rings. The van der Waals surface area contributed by atoms with Crippen LogP contribution >= 0.6 is 11.3 Å². The van der Waals surface area contributed by atoms with Crippen molar-refractivity contribution in [3.05, 3.63) is 21.9 Å². The van der Waals surface area contributed by atoms with Crippen LogP contribution in [-0.2, 0) is 17.9 Å². The smallest absolute Gasteiger partial charge is 0.0813 e. The molecule has 1 aliphatic rings. The SMILES string of the molecule is CC(C)NCc1ccc(COC2CCC2)s1. The third-order valence-corrected chi connectivity index (χ3v) is 3.97. The molecule has 0 saturated heterocycles. The first-order valence-electron chi connectivity index (χ1n) is 6.16. The number of hydrogen-bond donors (Lipinski definition) is 1. The second-order valence-corrected chi connectivity index (χ2v) is 6.02. The standard InChI is InChI=1S/C13H21NOS/c1-10(2)14-8-12-6-7-13(16-12)9-15-11-4-3-5-11/h6-7,10-11,14H,3-5,8-9H2,1-2H3. The van der Waals surface area contributed by atoms with Crippen LogP contribution in [0.1, 0.15) is 42.9 Å². The van der Waals surface area contributed by atoms with Gasteiger partial charge in [0.05, 0.1) is 12.7 Å². The van der Waals surface area contributed by atoms with Gasteiger partial charge in [-0.05, 0) is 31.4 Å². The highest BCUT2D eigenvalue weighted by Gasteiger charge is 2.17.